The summed E-state index contributed by atoms with van der Waals surface area (Å²) in [7, 11) is 0. The van der Waals surface area contributed by atoms with Gasteiger partial charge in [-0.3, -0.25) is 4.79 Å². The summed E-state index contributed by atoms with van der Waals surface area (Å²) < 4.78 is 0. The molecule has 3 aromatic carbocycles. The lowest BCUT2D eigenvalue weighted by atomic mass is 10.2. The van der Waals surface area contributed by atoms with Gasteiger partial charge in [-0.25, -0.2) is 0 Å². The highest BCUT2D eigenvalue weighted by atomic mass is 31.2. The molecule has 3 heteroatoms. The molecule has 1 N–H and O–H groups in total. The molecular formula is C24H25O2P. The third-order valence-electron chi connectivity index (χ3n) is 4.66. The summed E-state index contributed by atoms with van der Waals surface area (Å²) in [5.74, 6) is 2.12. The van der Waals surface area contributed by atoms with Crippen molar-refractivity contribution in [3.05, 3.63) is 91.0 Å². The normalized spacial score (nSPS) is 11.1. The van der Waals surface area contributed by atoms with Crippen LogP contribution in [0.25, 0.3) is 0 Å². The van der Waals surface area contributed by atoms with Crippen molar-refractivity contribution in [2.75, 3.05) is 6.61 Å². The predicted octanol–water partition coefficient (Wildman–Crippen LogP) is 3.51. The molecule has 3 aromatic rings. The van der Waals surface area contributed by atoms with Crippen LogP contribution >= 0.6 is 6.89 Å². The lowest BCUT2D eigenvalue weighted by molar-refractivity contribution is -0.112. The Kier molecular flexibility index (Phi) is 6.81. The van der Waals surface area contributed by atoms with Gasteiger partial charge in [0.05, 0.1) is 0 Å². The van der Waals surface area contributed by atoms with Crippen molar-refractivity contribution in [2.45, 2.75) is 19.3 Å². The van der Waals surface area contributed by atoms with Crippen LogP contribution < -0.4 is 15.9 Å². The third kappa shape index (κ3) is 4.47. The standard InChI is InChI=1S/C24H25O2P/c25-19-11-10-12-21(26)20-27(22-13-4-1-5-14-22,23-15-6-2-7-16-23)24-17-8-3-9-18-24/h1-9,13-18,20,25H,10-12,19H2. The van der Waals surface area contributed by atoms with Crippen LogP contribution in [0.3, 0.4) is 0 Å². The van der Waals surface area contributed by atoms with E-state index in [0.717, 1.165) is 0 Å². The van der Waals surface area contributed by atoms with Gasteiger partial charge >= 0.3 is 0 Å². The van der Waals surface area contributed by atoms with Crippen LogP contribution in [0.15, 0.2) is 91.0 Å². The number of carbonyl (C=O) groups excluding carboxylic acids is 1. The highest BCUT2D eigenvalue weighted by Crippen LogP contribution is 2.43. The van der Waals surface area contributed by atoms with E-state index < -0.39 is 6.89 Å². The highest BCUT2D eigenvalue weighted by Gasteiger charge is 2.25. The Morgan fingerprint density at radius 2 is 1.11 bits per heavy atom. The summed E-state index contributed by atoms with van der Waals surface area (Å²) in [4.78, 5) is 12.9. The third-order valence-corrected chi connectivity index (χ3v) is 8.67. The van der Waals surface area contributed by atoms with Crippen molar-refractivity contribution in [2.24, 2.45) is 0 Å². The molecule has 0 radical (unpaired) electrons. The molecule has 0 saturated heterocycles. The molecule has 0 saturated carbocycles. The topological polar surface area (TPSA) is 37.3 Å². The van der Waals surface area contributed by atoms with Gasteiger partial charge in [-0.15, -0.1) is 0 Å². The van der Waals surface area contributed by atoms with Gasteiger partial charge < -0.3 is 5.11 Å². The molecule has 0 amide bonds. The fraction of sp³-hybridized carbons (Fsp3) is 0.167. The Hall–Kier alpha value is -2.41. The van der Waals surface area contributed by atoms with Crippen LogP contribution in [-0.4, -0.2) is 23.3 Å². The largest absolute Gasteiger partial charge is 0.396 e. The number of rotatable bonds is 8. The number of aliphatic hydroxyl groups is 1. The Labute approximate surface area is 161 Å². The number of hydrogen-bond acceptors (Lipinski definition) is 2. The molecule has 0 heterocycles. The lowest BCUT2D eigenvalue weighted by Crippen LogP contribution is -2.28. The van der Waals surface area contributed by atoms with E-state index in [1.165, 1.54) is 15.9 Å². The maximum absolute atomic E-state index is 12.9. The summed E-state index contributed by atoms with van der Waals surface area (Å²) in [6.07, 6.45) is 1.84. The van der Waals surface area contributed by atoms with Crippen LogP contribution in [0.5, 0.6) is 0 Å². The van der Waals surface area contributed by atoms with Crippen LogP contribution in [0.4, 0.5) is 0 Å². The summed E-state index contributed by atoms with van der Waals surface area (Å²) in [5, 5.41) is 12.6. The van der Waals surface area contributed by atoms with Crippen LogP contribution in [-0.2, 0) is 4.79 Å². The van der Waals surface area contributed by atoms with Gasteiger partial charge in [0.25, 0.3) is 0 Å². The van der Waals surface area contributed by atoms with Gasteiger partial charge in [-0.1, -0.05) is 91.0 Å². The smallest absolute Gasteiger partial charge is 0.156 e. The summed E-state index contributed by atoms with van der Waals surface area (Å²) in [6, 6.07) is 31.1. The molecule has 0 aromatic heterocycles. The lowest BCUT2D eigenvalue weighted by Gasteiger charge is -2.28. The van der Waals surface area contributed by atoms with Gasteiger partial charge in [0.15, 0.2) is 5.78 Å². The molecule has 27 heavy (non-hydrogen) atoms. The van der Waals surface area contributed by atoms with Gasteiger partial charge in [0.2, 0.25) is 0 Å². The van der Waals surface area contributed by atoms with Gasteiger partial charge in [-0.2, -0.15) is 0 Å². The first kappa shape index (κ1) is 19.4. The van der Waals surface area contributed by atoms with Crippen molar-refractivity contribution >= 4 is 34.4 Å². The molecule has 0 aliphatic rings. The minimum absolute atomic E-state index is 0.129. The predicted molar refractivity (Wildman–Crippen MR) is 117 cm³/mol. The maximum atomic E-state index is 12.9. The monoisotopic (exact) mass is 376 g/mol. The first-order valence-corrected chi connectivity index (χ1v) is 11.2. The minimum atomic E-state index is -2.20. The van der Waals surface area contributed by atoms with E-state index in [4.69, 9.17) is 5.11 Å². The van der Waals surface area contributed by atoms with E-state index in [2.05, 4.69) is 36.4 Å². The van der Waals surface area contributed by atoms with E-state index in [1.807, 2.05) is 60.4 Å². The van der Waals surface area contributed by atoms with Crippen molar-refractivity contribution in [3.8, 4) is 0 Å². The second kappa shape index (κ2) is 9.50. The van der Waals surface area contributed by atoms with Crippen molar-refractivity contribution in [1.29, 1.82) is 0 Å². The van der Waals surface area contributed by atoms with E-state index in [0.29, 0.717) is 19.3 Å². The molecule has 138 valence electrons. The molecule has 0 fully saturated rings. The molecule has 0 unspecified atom stereocenters. The van der Waals surface area contributed by atoms with E-state index in [-0.39, 0.29) is 12.4 Å². The summed E-state index contributed by atoms with van der Waals surface area (Å²) in [5.41, 5.74) is 0. The fourth-order valence-corrected chi connectivity index (χ4v) is 7.18. The Morgan fingerprint density at radius 3 is 1.48 bits per heavy atom. The molecule has 3 rings (SSSR count). The molecule has 0 bridgehead atoms. The SMILES string of the molecule is O=C(C=P(c1ccccc1)(c1ccccc1)c1ccccc1)CCCCO. The van der Waals surface area contributed by atoms with E-state index >= 15 is 0 Å². The molecule has 0 aliphatic carbocycles. The molecule has 0 atom stereocenters. The number of aliphatic hydroxyl groups excluding tert-OH is 1. The van der Waals surface area contributed by atoms with Crippen LogP contribution in [0.1, 0.15) is 19.3 Å². The Balaban J connectivity index is 2.25. The maximum Gasteiger partial charge on any atom is 0.156 e. The molecule has 0 aliphatic heterocycles. The molecule has 2 nitrogen and oxygen atoms in total. The van der Waals surface area contributed by atoms with Gasteiger partial charge in [0, 0.05) is 13.0 Å². The number of ketones is 1. The summed E-state index contributed by atoms with van der Waals surface area (Å²) >= 11 is 0. The first-order valence-electron chi connectivity index (χ1n) is 9.32. The first-order chi connectivity index (χ1) is 13.3. The molecular weight excluding hydrogens is 351 g/mol. The zero-order chi connectivity index (χ0) is 19.0. The summed E-state index contributed by atoms with van der Waals surface area (Å²) in [6.45, 7) is -2.07. The second-order valence-corrected chi connectivity index (χ2v) is 9.76. The number of carbonyl (C=O) groups is 1. The highest BCUT2D eigenvalue weighted by molar-refractivity contribution is 7.95. The fourth-order valence-electron chi connectivity index (χ4n) is 3.35. The number of hydrogen-bond donors (Lipinski definition) is 1. The van der Waals surface area contributed by atoms with Crippen molar-refractivity contribution in [3.63, 3.8) is 0 Å². The Bertz CT molecular complexity index is 799. The van der Waals surface area contributed by atoms with Crippen LogP contribution in [0.2, 0.25) is 0 Å². The van der Waals surface area contributed by atoms with Crippen LogP contribution in [0, 0.1) is 0 Å². The van der Waals surface area contributed by atoms with Gasteiger partial charge in [0.1, 0.15) is 0 Å². The average Bonchev–Trinajstić information content (AvgIpc) is 2.74. The second-order valence-electron chi connectivity index (χ2n) is 6.51. The van der Waals surface area contributed by atoms with Gasteiger partial charge in [-0.05, 0) is 41.4 Å². The quantitative estimate of drug-likeness (QED) is 0.483. The number of Topliss-reactive ketones (excluding diaryl/α,β-unsaturated/α-hetero) is 1. The number of unbranched alkanes of at least 4 members (excludes halogenated alkanes) is 1. The number of benzene rings is 3. The minimum Gasteiger partial charge on any atom is -0.396 e. The van der Waals surface area contributed by atoms with E-state index in [9.17, 15) is 4.79 Å². The zero-order valence-electron chi connectivity index (χ0n) is 15.4. The van der Waals surface area contributed by atoms with E-state index in [1.54, 1.807) is 0 Å². The van der Waals surface area contributed by atoms with Crippen molar-refractivity contribution < 1.29 is 9.90 Å². The zero-order valence-corrected chi connectivity index (χ0v) is 16.3. The molecule has 0 spiro atoms. The van der Waals surface area contributed by atoms with Crippen molar-refractivity contribution in [1.82, 2.24) is 0 Å². The Morgan fingerprint density at radius 1 is 0.704 bits per heavy atom. The average molecular weight is 376 g/mol.